The summed E-state index contributed by atoms with van der Waals surface area (Å²) in [4.78, 5) is 0. The number of hydrogen-bond acceptors (Lipinski definition) is 0. The highest BCUT2D eigenvalue weighted by atomic mass is 14.4. The normalized spacial score (nSPS) is 13.5. The van der Waals surface area contributed by atoms with E-state index >= 15 is 0 Å². The molecule has 0 radical (unpaired) electrons. The monoisotopic (exact) mass is 546 g/mol. The number of rotatable bonds is 2. The summed E-state index contributed by atoms with van der Waals surface area (Å²) in [5, 5.41) is 10.5. The Bertz CT molecular complexity index is 2350. The van der Waals surface area contributed by atoms with E-state index < -0.39 is 0 Å². The van der Waals surface area contributed by atoms with Crippen molar-refractivity contribution in [3.05, 3.63) is 157 Å². The molecule has 0 heterocycles. The van der Waals surface area contributed by atoms with Gasteiger partial charge >= 0.3 is 0 Å². The number of fused-ring (bicyclic) bond motifs is 9. The van der Waals surface area contributed by atoms with Crippen molar-refractivity contribution in [2.24, 2.45) is 0 Å². The van der Waals surface area contributed by atoms with Crippen LogP contribution in [0.15, 0.2) is 146 Å². The molecule has 0 unspecified atom stereocenters. The maximum Gasteiger partial charge on any atom is 0.0165 e. The maximum absolute atomic E-state index is 2.53. The summed E-state index contributed by atoms with van der Waals surface area (Å²) in [7, 11) is 0. The molecule has 8 aromatic carbocycles. The Balaban J connectivity index is 1.45. The van der Waals surface area contributed by atoms with Crippen molar-refractivity contribution in [3.63, 3.8) is 0 Å². The fourth-order valence-corrected chi connectivity index (χ4v) is 7.99. The lowest BCUT2D eigenvalue weighted by atomic mass is 9.78. The third-order valence-corrected chi connectivity index (χ3v) is 9.80. The molecule has 0 fully saturated rings. The zero-order chi connectivity index (χ0) is 28.7. The predicted octanol–water partition coefficient (Wildman–Crippen LogP) is 11.9. The van der Waals surface area contributed by atoms with E-state index in [2.05, 4.69) is 159 Å². The molecule has 0 bridgehead atoms. The molecule has 0 aliphatic heterocycles. The highest BCUT2D eigenvalue weighted by Crippen LogP contribution is 2.56. The molecule has 0 aromatic heterocycles. The van der Waals surface area contributed by atoms with E-state index in [0.717, 1.165) is 0 Å². The zero-order valence-corrected chi connectivity index (χ0v) is 24.4. The van der Waals surface area contributed by atoms with Crippen LogP contribution in [0, 0.1) is 0 Å². The minimum Gasteiger partial charge on any atom is -0.0622 e. The van der Waals surface area contributed by atoms with Crippen molar-refractivity contribution in [1.29, 1.82) is 0 Å². The van der Waals surface area contributed by atoms with Gasteiger partial charge in [-0.3, -0.25) is 0 Å². The van der Waals surface area contributed by atoms with E-state index in [0.29, 0.717) is 0 Å². The average molecular weight is 547 g/mol. The van der Waals surface area contributed by atoms with Gasteiger partial charge in [-0.1, -0.05) is 153 Å². The summed E-state index contributed by atoms with van der Waals surface area (Å²) < 4.78 is 0. The topological polar surface area (TPSA) is 0 Å². The third kappa shape index (κ3) is 3.32. The minimum absolute atomic E-state index is 0.139. The molecule has 9 rings (SSSR count). The van der Waals surface area contributed by atoms with Crippen LogP contribution in [0.2, 0.25) is 0 Å². The van der Waals surface area contributed by atoms with Crippen LogP contribution in [-0.2, 0) is 5.41 Å². The van der Waals surface area contributed by atoms with Gasteiger partial charge in [0.2, 0.25) is 0 Å². The second-order valence-electron chi connectivity index (χ2n) is 12.4. The van der Waals surface area contributed by atoms with Crippen molar-refractivity contribution < 1.29 is 0 Å². The number of hydrogen-bond donors (Lipinski definition) is 0. The van der Waals surface area contributed by atoms with Crippen molar-refractivity contribution in [2.45, 2.75) is 19.3 Å². The van der Waals surface area contributed by atoms with E-state index in [1.54, 1.807) is 0 Å². The first kappa shape index (κ1) is 24.4. The van der Waals surface area contributed by atoms with Gasteiger partial charge in [0.15, 0.2) is 0 Å². The van der Waals surface area contributed by atoms with Crippen LogP contribution in [0.25, 0.3) is 76.5 Å². The van der Waals surface area contributed by atoms with Crippen LogP contribution in [0.4, 0.5) is 0 Å². The molecule has 202 valence electrons. The Labute approximate surface area is 251 Å². The Morgan fingerprint density at radius 1 is 0.372 bits per heavy atom. The van der Waals surface area contributed by atoms with Gasteiger partial charge in [-0.15, -0.1) is 0 Å². The molecule has 0 saturated carbocycles. The van der Waals surface area contributed by atoms with E-state index in [1.807, 2.05) is 0 Å². The smallest absolute Gasteiger partial charge is 0.0165 e. The van der Waals surface area contributed by atoms with Crippen molar-refractivity contribution >= 4 is 43.1 Å². The van der Waals surface area contributed by atoms with Gasteiger partial charge in [0.1, 0.15) is 0 Å². The third-order valence-electron chi connectivity index (χ3n) is 9.80. The van der Waals surface area contributed by atoms with Gasteiger partial charge in [0.05, 0.1) is 0 Å². The summed E-state index contributed by atoms with van der Waals surface area (Å²) in [5.74, 6) is 0. The summed E-state index contributed by atoms with van der Waals surface area (Å²) in [6.45, 7) is 4.83. The predicted molar refractivity (Wildman–Crippen MR) is 185 cm³/mol. The molecule has 43 heavy (non-hydrogen) atoms. The lowest BCUT2D eigenvalue weighted by molar-refractivity contribution is 0.667. The van der Waals surface area contributed by atoms with Crippen LogP contribution in [-0.4, -0.2) is 0 Å². The largest absolute Gasteiger partial charge is 0.0622 e. The standard InChI is InChI=1S/C43H30/c1-43(2)38-26-37(30-18-8-9-19-31(30)41(38)36-25-24-27-14-6-7-17-29(27)42(36)43)40-34-22-12-10-20-32(34)39(28-15-4-3-5-16-28)33-21-11-13-23-35(33)40/h3-26H,1-2H3. The van der Waals surface area contributed by atoms with Gasteiger partial charge in [-0.05, 0) is 93.7 Å². The van der Waals surface area contributed by atoms with Crippen LogP contribution in [0.1, 0.15) is 25.0 Å². The van der Waals surface area contributed by atoms with Crippen LogP contribution < -0.4 is 0 Å². The maximum atomic E-state index is 2.53. The molecule has 0 nitrogen and oxygen atoms in total. The van der Waals surface area contributed by atoms with Gasteiger partial charge in [0.25, 0.3) is 0 Å². The summed E-state index contributed by atoms with van der Waals surface area (Å²) in [6, 6.07) is 54.0. The van der Waals surface area contributed by atoms with E-state index in [1.165, 1.54) is 87.6 Å². The summed E-state index contributed by atoms with van der Waals surface area (Å²) in [5.41, 5.74) is 10.7. The second kappa shape index (κ2) is 8.90. The molecule has 0 saturated heterocycles. The SMILES string of the molecule is CC1(C)c2cc(-c3c4ccccc4c(-c4ccccc4)c4ccccc34)c3ccccc3c2-c2ccc3ccccc3c21. The minimum atomic E-state index is -0.139. The zero-order valence-electron chi connectivity index (χ0n) is 24.4. The second-order valence-corrected chi connectivity index (χ2v) is 12.4. The molecular formula is C43H30. The quantitative estimate of drug-likeness (QED) is 0.189. The highest BCUT2D eigenvalue weighted by molar-refractivity contribution is 6.24. The van der Waals surface area contributed by atoms with Crippen LogP contribution in [0.3, 0.4) is 0 Å². The Kier molecular flexibility index (Phi) is 5.05. The average Bonchev–Trinajstić information content (AvgIpc) is 3.30. The molecule has 8 aromatic rings. The van der Waals surface area contributed by atoms with E-state index in [9.17, 15) is 0 Å². The van der Waals surface area contributed by atoms with Gasteiger partial charge in [-0.2, -0.15) is 0 Å². The summed E-state index contributed by atoms with van der Waals surface area (Å²) >= 11 is 0. The Hall–Kier alpha value is -5.20. The van der Waals surface area contributed by atoms with Crippen LogP contribution >= 0.6 is 0 Å². The lowest BCUT2D eigenvalue weighted by Crippen LogP contribution is -2.15. The van der Waals surface area contributed by atoms with Crippen molar-refractivity contribution in [1.82, 2.24) is 0 Å². The van der Waals surface area contributed by atoms with Crippen molar-refractivity contribution in [2.75, 3.05) is 0 Å². The fraction of sp³-hybridized carbons (Fsp3) is 0.0698. The van der Waals surface area contributed by atoms with Gasteiger partial charge in [-0.25, -0.2) is 0 Å². The highest BCUT2D eigenvalue weighted by Gasteiger charge is 2.38. The number of benzene rings is 8. The van der Waals surface area contributed by atoms with E-state index in [-0.39, 0.29) is 5.41 Å². The first-order valence-electron chi connectivity index (χ1n) is 15.2. The molecule has 0 N–H and O–H groups in total. The lowest BCUT2D eigenvalue weighted by Gasteiger charge is -2.25. The first-order valence-corrected chi connectivity index (χ1v) is 15.2. The van der Waals surface area contributed by atoms with E-state index in [4.69, 9.17) is 0 Å². The Morgan fingerprint density at radius 2 is 0.860 bits per heavy atom. The fourth-order valence-electron chi connectivity index (χ4n) is 7.99. The van der Waals surface area contributed by atoms with Gasteiger partial charge < -0.3 is 0 Å². The molecule has 1 aliphatic rings. The Morgan fingerprint density at radius 3 is 1.49 bits per heavy atom. The van der Waals surface area contributed by atoms with Gasteiger partial charge in [0, 0.05) is 5.41 Å². The molecule has 0 atom stereocenters. The van der Waals surface area contributed by atoms with Crippen LogP contribution in [0.5, 0.6) is 0 Å². The van der Waals surface area contributed by atoms with Crippen molar-refractivity contribution in [3.8, 4) is 33.4 Å². The molecule has 0 amide bonds. The molecule has 1 aliphatic carbocycles. The summed E-state index contributed by atoms with van der Waals surface area (Å²) in [6.07, 6.45) is 0. The molecule has 0 spiro atoms. The first-order chi connectivity index (χ1) is 21.1. The molecular weight excluding hydrogens is 516 g/mol. The molecule has 0 heteroatoms.